The number of amides is 3. The minimum Gasteiger partial charge on any atom is -0.491 e. The Bertz CT molecular complexity index is 2740. The molecule has 0 atom stereocenters. The number of fused-ring (bicyclic) bond motifs is 2. The number of hydrogen-bond donors (Lipinski definition) is 5. The van der Waals surface area contributed by atoms with Gasteiger partial charge in [0.15, 0.2) is 5.89 Å². The summed E-state index contributed by atoms with van der Waals surface area (Å²) in [5.74, 6) is -0.748. The number of primary amides is 1. The first-order chi connectivity index (χ1) is 28.7. The molecule has 1 fully saturated rings. The molecule has 1 aliphatic rings. The number of allylic oxidation sites excluding steroid dienone is 2. The monoisotopic (exact) mass is 842 g/mol. The zero-order valence-corrected chi connectivity index (χ0v) is 34.3. The topological polar surface area (TPSA) is 271 Å². The molecular weight excluding hydrogens is 797 g/mol. The fourth-order valence-electron chi connectivity index (χ4n) is 6.73. The molecule has 1 aliphatic heterocycles. The maximum atomic E-state index is 13.7. The van der Waals surface area contributed by atoms with Crippen LogP contribution in [0.1, 0.15) is 68.9 Å². The molecule has 0 aliphatic carbocycles. The summed E-state index contributed by atoms with van der Waals surface area (Å²) in [5.41, 5.74) is 8.96. The van der Waals surface area contributed by atoms with Crippen molar-refractivity contribution in [2.24, 2.45) is 10.9 Å². The highest BCUT2D eigenvalue weighted by atomic mass is 32.2. The van der Waals surface area contributed by atoms with Crippen LogP contribution in [0.25, 0.3) is 22.1 Å². The fraction of sp³-hybridized carbons (Fsp3) is 0.359. The number of carbonyl (C=O) groups excluding carboxylic acids is 3. The van der Waals surface area contributed by atoms with Crippen molar-refractivity contribution >= 4 is 61.7 Å². The predicted octanol–water partition coefficient (Wildman–Crippen LogP) is 3.03. The third kappa shape index (κ3) is 8.93. The van der Waals surface area contributed by atoms with Gasteiger partial charge in [0.2, 0.25) is 33.6 Å². The van der Waals surface area contributed by atoms with Gasteiger partial charge in [-0.2, -0.15) is 5.10 Å². The molecule has 0 bridgehead atoms. The first-order valence-electron chi connectivity index (χ1n) is 19.3. The van der Waals surface area contributed by atoms with E-state index >= 15 is 0 Å². The van der Waals surface area contributed by atoms with Crippen LogP contribution in [0.3, 0.4) is 0 Å². The molecule has 20 nitrogen and oxygen atoms in total. The largest absolute Gasteiger partial charge is 0.491 e. The number of nitrogens with two attached hydrogens (primary N) is 2. The highest BCUT2D eigenvalue weighted by Gasteiger charge is 2.24. The van der Waals surface area contributed by atoms with E-state index in [9.17, 15) is 22.8 Å². The number of rotatable bonds is 18. The summed E-state index contributed by atoms with van der Waals surface area (Å²) >= 11 is 0. The van der Waals surface area contributed by atoms with E-state index < -0.39 is 27.7 Å². The van der Waals surface area contributed by atoms with Gasteiger partial charge in [-0.1, -0.05) is 19.1 Å². The zero-order chi connectivity index (χ0) is 42.7. The van der Waals surface area contributed by atoms with Crippen LogP contribution in [-0.4, -0.2) is 92.4 Å². The molecule has 3 amide bonds. The molecule has 60 heavy (non-hydrogen) atoms. The molecule has 7 N–H and O–H groups in total. The maximum Gasteiger partial charge on any atom is 0.295 e. The van der Waals surface area contributed by atoms with E-state index in [1.165, 1.54) is 24.3 Å². The Morgan fingerprint density at radius 2 is 1.67 bits per heavy atom. The second-order valence-electron chi connectivity index (χ2n) is 14.1. The summed E-state index contributed by atoms with van der Waals surface area (Å²) in [7, 11) is -4.04. The number of sulfonamides is 1. The SMILES string of the molecule is CCc1nc(C)oc1C(=O)Nc1nc2cc(C(N)=O)cc(OCCCOC3CNC3)c2n1C/C=C/Cn1c(NC(=O)c2cc(C)nn2CC)nc2cc(S(N)(=O)=O)ccc21. The van der Waals surface area contributed by atoms with Gasteiger partial charge in [-0.3, -0.25) is 29.7 Å². The molecule has 2 aromatic carbocycles. The summed E-state index contributed by atoms with van der Waals surface area (Å²) in [6.45, 7) is 10.2. The van der Waals surface area contributed by atoms with Gasteiger partial charge in [-0.05, 0) is 56.7 Å². The van der Waals surface area contributed by atoms with Crippen molar-refractivity contribution in [1.82, 2.24) is 39.2 Å². The van der Waals surface area contributed by atoms with Crippen molar-refractivity contribution in [2.75, 3.05) is 36.9 Å². The molecule has 4 aromatic heterocycles. The number of imidazole rings is 2. The lowest BCUT2D eigenvalue weighted by molar-refractivity contribution is 0.0136. The van der Waals surface area contributed by atoms with Gasteiger partial charge in [0.05, 0.1) is 52.2 Å². The molecule has 21 heteroatoms. The number of aryl methyl sites for hydroxylation is 4. The Labute approximate surface area is 344 Å². The Hall–Kier alpha value is -6.42. The van der Waals surface area contributed by atoms with Crippen LogP contribution in [0.5, 0.6) is 5.75 Å². The number of hydrogen-bond acceptors (Lipinski definition) is 13. The van der Waals surface area contributed by atoms with Gasteiger partial charge >= 0.3 is 0 Å². The van der Waals surface area contributed by atoms with E-state index in [2.05, 4.69) is 31.0 Å². The second kappa shape index (κ2) is 17.4. The Morgan fingerprint density at radius 3 is 2.35 bits per heavy atom. The van der Waals surface area contributed by atoms with Crippen molar-refractivity contribution in [2.45, 2.75) is 71.2 Å². The molecule has 7 rings (SSSR count). The Balaban J connectivity index is 1.23. The fourth-order valence-corrected chi connectivity index (χ4v) is 7.27. The van der Waals surface area contributed by atoms with E-state index in [-0.39, 0.29) is 59.4 Å². The van der Waals surface area contributed by atoms with Crippen LogP contribution in [0, 0.1) is 13.8 Å². The standard InChI is InChI=1S/C39H46N12O8S/c1-5-27-34(59-23(4)43-27)37(54)47-39-45-29-17-24(35(40)52)18-32(58-15-9-14-57-25-20-42-21-25)33(29)50(39)13-8-7-12-49-30-11-10-26(60(41,55)56)19-28(30)44-38(49)46-36(53)31-16-22(3)48-51(31)6-2/h7-8,10-11,16-19,25,42H,5-6,9,12-15,20-21H2,1-4H3,(H2,40,52)(H2,41,55,56)(H,44,46,53)(H,45,47,54)/b8-7+. The first-order valence-corrected chi connectivity index (χ1v) is 20.9. The molecule has 5 heterocycles. The average Bonchev–Trinajstić information content (AvgIpc) is 3.95. The third-order valence-electron chi connectivity index (χ3n) is 9.76. The number of primary sulfonamides is 1. The number of anilines is 2. The number of carbonyl (C=O) groups is 3. The van der Waals surface area contributed by atoms with Crippen molar-refractivity contribution < 1.29 is 36.7 Å². The predicted molar refractivity (Wildman–Crippen MR) is 220 cm³/mol. The summed E-state index contributed by atoms with van der Waals surface area (Å²) in [6.07, 6.45) is 4.81. The number of aromatic nitrogens is 7. The summed E-state index contributed by atoms with van der Waals surface area (Å²) in [6, 6.07) is 9.00. The van der Waals surface area contributed by atoms with Gasteiger partial charge in [-0.25, -0.2) is 28.5 Å². The van der Waals surface area contributed by atoms with Crippen LogP contribution in [0.15, 0.2) is 57.9 Å². The number of nitrogens with zero attached hydrogens (tertiary/aromatic N) is 7. The summed E-state index contributed by atoms with van der Waals surface area (Å²) in [4.78, 5) is 53.1. The van der Waals surface area contributed by atoms with Crippen LogP contribution in [0.4, 0.5) is 11.9 Å². The van der Waals surface area contributed by atoms with Crippen molar-refractivity contribution in [1.29, 1.82) is 0 Å². The lowest BCUT2D eigenvalue weighted by atomic mass is 10.1. The van der Waals surface area contributed by atoms with Gasteiger partial charge in [0, 0.05) is 51.6 Å². The number of ether oxygens (including phenoxy) is 2. The lowest BCUT2D eigenvalue weighted by Gasteiger charge is -2.27. The number of oxazole rings is 1. The molecule has 1 saturated heterocycles. The van der Waals surface area contributed by atoms with Crippen LogP contribution < -0.4 is 31.6 Å². The smallest absolute Gasteiger partial charge is 0.295 e. The first kappa shape index (κ1) is 41.7. The molecule has 0 spiro atoms. The summed E-state index contributed by atoms with van der Waals surface area (Å²) < 4.78 is 47.1. The molecule has 0 radical (unpaired) electrons. The van der Waals surface area contributed by atoms with Crippen molar-refractivity contribution in [3.8, 4) is 5.75 Å². The summed E-state index contributed by atoms with van der Waals surface area (Å²) in [5, 5.41) is 18.7. The minimum atomic E-state index is -4.04. The molecule has 0 saturated carbocycles. The van der Waals surface area contributed by atoms with E-state index in [0.717, 1.165) is 13.1 Å². The minimum absolute atomic E-state index is 0.0458. The van der Waals surface area contributed by atoms with E-state index in [4.69, 9.17) is 29.7 Å². The Morgan fingerprint density at radius 1 is 0.950 bits per heavy atom. The third-order valence-corrected chi connectivity index (χ3v) is 10.7. The van der Waals surface area contributed by atoms with Gasteiger partial charge in [-0.15, -0.1) is 0 Å². The Kier molecular flexibility index (Phi) is 12.1. The maximum absolute atomic E-state index is 13.7. The lowest BCUT2D eigenvalue weighted by Crippen LogP contribution is -2.48. The highest BCUT2D eigenvalue weighted by molar-refractivity contribution is 7.89. The molecule has 316 valence electrons. The van der Waals surface area contributed by atoms with E-state index in [1.807, 2.05) is 26.0 Å². The van der Waals surface area contributed by atoms with Crippen molar-refractivity contribution in [3.63, 3.8) is 0 Å². The van der Waals surface area contributed by atoms with Gasteiger partial charge in [0.25, 0.3) is 11.8 Å². The van der Waals surface area contributed by atoms with Gasteiger partial charge in [0.1, 0.15) is 17.0 Å². The second-order valence-corrected chi connectivity index (χ2v) is 15.6. The molecule has 0 unspecified atom stereocenters. The van der Waals surface area contributed by atoms with Gasteiger partial charge < -0.3 is 34.1 Å². The number of benzene rings is 2. The van der Waals surface area contributed by atoms with Crippen LogP contribution in [-0.2, 0) is 40.8 Å². The van der Waals surface area contributed by atoms with E-state index in [0.29, 0.717) is 71.3 Å². The van der Waals surface area contributed by atoms with Crippen LogP contribution in [0.2, 0.25) is 0 Å². The molecule has 6 aromatic rings. The average molecular weight is 843 g/mol. The van der Waals surface area contributed by atoms with E-state index in [1.54, 1.807) is 39.8 Å². The van der Waals surface area contributed by atoms with Crippen molar-refractivity contribution in [3.05, 3.63) is 82.8 Å². The molecular formula is C39H46N12O8S. The number of nitrogens with one attached hydrogen (secondary N) is 3. The normalized spacial score (nSPS) is 13.3. The quantitative estimate of drug-likeness (QED) is 0.0616. The van der Waals surface area contributed by atoms with Crippen LogP contribution >= 0.6 is 0 Å². The zero-order valence-electron chi connectivity index (χ0n) is 33.5. The highest BCUT2D eigenvalue weighted by Crippen LogP contribution is 2.32.